The van der Waals surface area contributed by atoms with Crippen LogP contribution in [0.25, 0.3) is 0 Å². The van der Waals surface area contributed by atoms with Gasteiger partial charge in [-0.1, -0.05) is 6.07 Å². The molecule has 0 aliphatic carbocycles. The molecule has 3 N–H and O–H groups in total. The predicted molar refractivity (Wildman–Crippen MR) is 83.6 cm³/mol. The Kier molecular flexibility index (Phi) is 5.97. The van der Waals surface area contributed by atoms with Crippen molar-refractivity contribution in [3.05, 3.63) is 32.9 Å². The fraction of sp³-hybridized carbons (Fsp3) is 0.333. The molecular formula is C12H15IN2O2S. The first-order valence-corrected chi connectivity index (χ1v) is 6.92. The van der Waals surface area contributed by atoms with Crippen LogP contribution in [-0.2, 0) is 0 Å². The molecule has 0 heterocycles. The van der Waals surface area contributed by atoms with Gasteiger partial charge in [-0.3, -0.25) is 10.1 Å². The van der Waals surface area contributed by atoms with Gasteiger partial charge in [-0.15, -0.1) is 0 Å². The summed E-state index contributed by atoms with van der Waals surface area (Å²) in [4.78, 5) is 11.9. The molecule has 1 aromatic carbocycles. The molecule has 0 aromatic heterocycles. The third kappa shape index (κ3) is 4.87. The van der Waals surface area contributed by atoms with E-state index in [1.165, 1.54) is 0 Å². The number of nitrogens with one attached hydrogen (secondary N) is 2. The number of rotatable bonds is 3. The maximum absolute atomic E-state index is 11.9. The Balaban J connectivity index is 2.59. The summed E-state index contributed by atoms with van der Waals surface area (Å²) in [6, 6.07) is 5.45. The Morgan fingerprint density at radius 1 is 1.56 bits per heavy atom. The minimum Gasteiger partial charge on any atom is -0.392 e. The molecule has 0 aliphatic rings. The second-order valence-corrected chi connectivity index (χ2v) is 5.55. The number of halogens is 1. The van der Waals surface area contributed by atoms with Gasteiger partial charge in [0.25, 0.3) is 5.91 Å². The van der Waals surface area contributed by atoms with Crippen molar-refractivity contribution in [3.63, 3.8) is 0 Å². The molecular weight excluding hydrogens is 363 g/mol. The zero-order chi connectivity index (χ0) is 13.7. The number of hydrogen-bond donors (Lipinski definition) is 3. The van der Waals surface area contributed by atoms with Gasteiger partial charge in [0.1, 0.15) is 0 Å². The maximum Gasteiger partial charge on any atom is 0.257 e. The highest BCUT2D eigenvalue weighted by molar-refractivity contribution is 14.1. The van der Waals surface area contributed by atoms with Crippen molar-refractivity contribution in [3.8, 4) is 0 Å². The van der Waals surface area contributed by atoms with Gasteiger partial charge in [0, 0.05) is 15.7 Å². The molecule has 1 unspecified atom stereocenters. The van der Waals surface area contributed by atoms with Crippen LogP contribution in [0.15, 0.2) is 18.2 Å². The lowest BCUT2D eigenvalue weighted by molar-refractivity contribution is 0.0976. The highest BCUT2D eigenvalue weighted by Gasteiger charge is 2.09. The average molecular weight is 378 g/mol. The van der Waals surface area contributed by atoms with Crippen molar-refractivity contribution in [1.82, 2.24) is 10.6 Å². The largest absolute Gasteiger partial charge is 0.392 e. The molecule has 1 amide bonds. The van der Waals surface area contributed by atoms with Crippen molar-refractivity contribution >= 4 is 45.8 Å². The van der Waals surface area contributed by atoms with Crippen LogP contribution in [0.4, 0.5) is 0 Å². The Bertz CT molecular complexity index is 463. The maximum atomic E-state index is 11.9. The molecule has 0 aliphatic heterocycles. The summed E-state index contributed by atoms with van der Waals surface area (Å²) in [5, 5.41) is 14.6. The number of aliphatic hydroxyl groups is 1. The van der Waals surface area contributed by atoms with Crippen molar-refractivity contribution in [2.75, 3.05) is 6.54 Å². The predicted octanol–water partition coefficient (Wildman–Crippen LogP) is 1.58. The molecule has 4 nitrogen and oxygen atoms in total. The summed E-state index contributed by atoms with van der Waals surface area (Å²) < 4.78 is 1.03. The van der Waals surface area contributed by atoms with E-state index in [0.717, 1.165) is 9.13 Å². The lowest BCUT2D eigenvalue weighted by atomic mass is 10.1. The Hall–Kier alpha value is -0.730. The summed E-state index contributed by atoms with van der Waals surface area (Å²) >= 11 is 7.13. The van der Waals surface area contributed by atoms with Crippen LogP contribution < -0.4 is 10.6 Å². The third-order valence-electron chi connectivity index (χ3n) is 2.22. The van der Waals surface area contributed by atoms with E-state index in [1.807, 2.05) is 19.1 Å². The minimum absolute atomic E-state index is 0.219. The van der Waals surface area contributed by atoms with E-state index in [2.05, 4.69) is 33.2 Å². The molecule has 0 saturated carbocycles. The van der Waals surface area contributed by atoms with E-state index in [0.29, 0.717) is 12.1 Å². The number of hydrogen-bond acceptors (Lipinski definition) is 3. The smallest absolute Gasteiger partial charge is 0.257 e. The van der Waals surface area contributed by atoms with Crippen molar-refractivity contribution in [2.24, 2.45) is 0 Å². The van der Waals surface area contributed by atoms with Crippen molar-refractivity contribution < 1.29 is 9.90 Å². The van der Waals surface area contributed by atoms with Gasteiger partial charge in [0.2, 0.25) is 0 Å². The zero-order valence-electron chi connectivity index (χ0n) is 10.2. The molecule has 0 saturated heterocycles. The van der Waals surface area contributed by atoms with Crippen LogP contribution in [0.1, 0.15) is 22.8 Å². The van der Waals surface area contributed by atoms with Crippen molar-refractivity contribution in [1.29, 1.82) is 0 Å². The van der Waals surface area contributed by atoms with E-state index in [-0.39, 0.29) is 11.0 Å². The van der Waals surface area contributed by atoms with Gasteiger partial charge < -0.3 is 10.4 Å². The molecule has 0 spiro atoms. The molecule has 98 valence electrons. The number of aryl methyl sites for hydroxylation is 1. The number of carbonyl (C=O) groups is 1. The first kappa shape index (κ1) is 15.3. The van der Waals surface area contributed by atoms with E-state index < -0.39 is 6.10 Å². The summed E-state index contributed by atoms with van der Waals surface area (Å²) in [6.07, 6.45) is -0.514. The Morgan fingerprint density at radius 2 is 2.22 bits per heavy atom. The fourth-order valence-corrected chi connectivity index (χ4v) is 1.89. The van der Waals surface area contributed by atoms with E-state index in [1.54, 1.807) is 13.0 Å². The van der Waals surface area contributed by atoms with E-state index in [9.17, 15) is 4.79 Å². The quantitative estimate of drug-likeness (QED) is 0.552. The van der Waals surface area contributed by atoms with Gasteiger partial charge in [0.15, 0.2) is 5.11 Å². The molecule has 0 radical (unpaired) electrons. The topological polar surface area (TPSA) is 61.4 Å². The molecule has 1 aromatic rings. The number of benzene rings is 1. The standard InChI is InChI=1S/C12H15IN2O2S/c1-7-3-4-9(5-10(7)13)11(17)15-12(18)14-6-8(2)16/h3-5,8,16H,6H2,1-2H3,(H2,14,15,17,18). The molecule has 0 bridgehead atoms. The number of thiocarbonyl (C=S) groups is 1. The van der Waals surface area contributed by atoms with E-state index in [4.69, 9.17) is 17.3 Å². The summed E-state index contributed by atoms with van der Waals surface area (Å²) in [5.41, 5.74) is 1.69. The average Bonchev–Trinajstić information content (AvgIpc) is 2.30. The van der Waals surface area contributed by atoms with Gasteiger partial charge in [-0.25, -0.2) is 0 Å². The summed E-state index contributed by atoms with van der Waals surface area (Å²) in [5.74, 6) is -0.254. The lowest BCUT2D eigenvalue weighted by Gasteiger charge is -2.11. The number of aliphatic hydroxyl groups excluding tert-OH is 1. The lowest BCUT2D eigenvalue weighted by Crippen LogP contribution is -2.41. The number of amides is 1. The van der Waals surface area contributed by atoms with Crippen LogP contribution in [0.3, 0.4) is 0 Å². The second kappa shape index (κ2) is 7.01. The SMILES string of the molecule is Cc1ccc(C(=O)NC(=S)NCC(C)O)cc1I. The molecule has 1 atom stereocenters. The molecule has 18 heavy (non-hydrogen) atoms. The van der Waals surface area contributed by atoms with Crippen LogP contribution in [0.2, 0.25) is 0 Å². The highest BCUT2D eigenvalue weighted by Crippen LogP contribution is 2.13. The highest BCUT2D eigenvalue weighted by atomic mass is 127. The summed E-state index contributed by atoms with van der Waals surface area (Å²) in [7, 11) is 0. The fourth-order valence-electron chi connectivity index (χ4n) is 1.19. The van der Waals surface area contributed by atoms with Gasteiger partial charge in [-0.2, -0.15) is 0 Å². The van der Waals surface area contributed by atoms with Gasteiger partial charge >= 0.3 is 0 Å². The zero-order valence-corrected chi connectivity index (χ0v) is 13.1. The van der Waals surface area contributed by atoms with Gasteiger partial charge in [0.05, 0.1) is 6.10 Å². The Morgan fingerprint density at radius 3 is 2.78 bits per heavy atom. The first-order chi connectivity index (χ1) is 8.40. The van der Waals surface area contributed by atoms with Crippen LogP contribution in [0, 0.1) is 10.5 Å². The minimum atomic E-state index is -0.514. The Labute approximate surface area is 125 Å². The van der Waals surface area contributed by atoms with Gasteiger partial charge in [-0.05, 0) is 66.4 Å². The molecule has 6 heteroatoms. The monoisotopic (exact) mass is 378 g/mol. The molecule has 0 fully saturated rings. The van der Waals surface area contributed by atoms with Crippen LogP contribution in [-0.4, -0.2) is 28.8 Å². The second-order valence-electron chi connectivity index (χ2n) is 3.98. The number of carbonyl (C=O) groups excluding carboxylic acids is 1. The summed E-state index contributed by atoms with van der Waals surface area (Å²) in [6.45, 7) is 3.93. The van der Waals surface area contributed by atoms with Crippen LogP contribution >= 0.6 is 34.8 Å². The van der Waals surface area contributed by atoms with Crippen LogP contribution in [0.5, 0.6) is 0 Å². The normalized spacial score (nSPS) is 11.8. The first-order valence-electron chi connectivity index (χ1n) is 5.43. The third-order valence-corrected chi connectivity index (χ3v) is 3.63. The van der Waals surface area contributed by atoms with E-state index >= 15 is 0 Å². The molecule has 1 rings (SSSR count). The van der Waals surface area contributed by atoms with Crippen molar-refractivity contribution in [2.45, 2.75) is 20.0 Å².